The number of carbonyl (C=O) groups is 3. The number of urea groups is 1. The van der Waals surface area contributed by atoms with E-state index in [1.807, 2.05) is 59.8 Å². The second-order valence-corrected chi connectivity index (χ2v) is 7.51. The number of ether oxygens (including phenoxy) is 1. The predicted octanol–water partition coefficient (Wildman–Crippen LogP) is 5.63. The van der Waals surface area contributed by atoms with E-state index < -0.39 is 11.9 Å². The van der Waals surface area contributed by atoms with E-state index in [1.165, 1.54) is 0 Å². The highest BCUT2D eigenvalue weighted by atomic mass is 16.5. The summed E-state index contributed by atoms with van der Waals surface area (Å²) in [4.78, 5) is 42.2. The lowest BCUT2D eigenvalue weighted by molar-refractivity contribution is -0.115. The molecule has 1 unspecified atom stereocenters. The number of benzene rings is 1. The van der Waals surface area contributed by atoms with Gasteiger partial charge in [0.1, 0.15) is 17.6 Å². The molecule has 200 valence electrons. The molecule has 8 heteroatoms. The Morgan fingerprint density at radius 3 is 2.47 bits per heavy atom. The number of nitrogens with zero attached hydrogens (tertiary/aromatic N) is 2. The number of hydrogen-bond donors (Lipinski definition) is 2. The number of terminal acetylenes is 1. The number of Topliss-reactive ketones (excluding diaryl/α,β-unsaturated/α-hetero) is 1. The molecule has 2 heterocycles. The van der Waals surface area contributed by atoms with Crippen molar-refractivity contribution in [3.05, 3.63) is 83.6 Å². The summed E-state index contributed by atoms with van der Waals surface area (Å²) in [5, 5.41) is 4.55. The van der Waals surface area contributed by atoms with Crippen LogP contribution in [0.4, 0.5) is 4.79 Å². The summed E-state index contributed by atoms with van der Waals surface area (Å²) in [5.74, 6) is 0.405. The molecule has 8 nitrogen and oxygen atoms in total. The van der Waals surface area contributed by atoms with Gasteiger partial charge in [0.25, 0.3) is 5.91 Å². The fourth-order valence-corrected chi connectivity index (χ4v) is 3.45. The van der Waals surface area contributed by atoms with E-state index in [9.17, 15) is 14.4 Å². The molecule has 0 saturated carbocycles. The zero-order valence-electron chi connectivity index (χ0n) is 22.9. The predicted molar refractivity (Wildman–Crippen MR) is 150 cm³/mol. The van der Waals surface area contributed by atoms with Crippen LogP contribution < -0.4 is 15.4 Å². The van der Waals surface area contributed by atoms with Gasteiger partial charge < -0.3 is 10.1 Å². The topological polar surface area (TPSA) is 110 Å². The van der Waals surface area contributed by atoms with E-state index in [0.29, 0.717) is 5.75 Å². The highest BCUT2D eigenvalue weighted by molar-refractivity contribution is 6.11. The maximum absolute atomic E-state index is 11.6. The molecule has 1 aliphatic heterocycles. The van der Waals surface area contributed by atoms with Gasteiger partial charge in [-0.2, -0.15) is 0 Å². The van der Waals surface area contributed by atoms with Crippen molar-refractivity contribution in [3.8, 4) is 18.3 Å². The third-order valence-electron chi connectivity index (χ3n) is 5.04. The van der Waals surface area contributed by atoms with Crippen LogP contribution in [0.1, 0.15) is 69.6 Å². The third-order valence-corrected chi connectivity index (χ3v) is 5.04. The van der Waals surface area contributed by atoms with Gasteiger partial charge in [0.2, 0.25) is 0 Å². The Kier molecular flexibility index (Phi) is 14.1. The summed E-state index contributed by atoms with van der Waals surface area (Å²) in [6.45, 7) is 12.0. The molecular formula is C30H36N4O4. The zero-order valence-corrected chi connectivity index (χ0v) is 22.9. The number of fused-ring (bicyclic) bond motifs is 1. The van der Waals surface area contributed by atoms with Gasteiger partial charge in [0, 0.05) is 23.9 Å². The molecule has 1 atom stereocenters. The van der Waals surface area contributed by atoms with Crippen molar-refractivity contribution in [2.45, 2.75) is 54.4 Å². The number of imide groups is 1. The lowest BCUT2D eigenvalue weighted by Gasteiger charge is -2.00. The van der Waals surface area contributed by atoms with E-state index in [0.717, 1.165) is 35.2 Å². The van der Waals surface area contributed by atoms with Gasteiger partial charge in [0.05, 0.1) is 11.9 Å². The smallest absolute Gasteiger partial charge is 0.326 e. The van der Waals surface area contributed by atoms with E-state index in [1.54, 1.807) is 42.9 Å². The standard InChI is InChI=1S/C14H14N4O2.C12H10O2.2C2H6/c1-2-4-10(12-9-15-7-8-16-12)5-3-6-11-13(19)18-14(20)17-11;1-3-14-10-5-4-9-6-8(2)12(13)11(9)7-10;2*1-2/h3-9H,2H2,1H3,(H2,17,18,19,20);1,4-5,7-8H,6H2,2H3;2*1-2H3/b5-3-,10-4+,11-6?;;;. The molecule has 1 aromatic carbocycles. The Bertz CT molecular complexity index is 1220. The van der Waals surface area contributed by atoms with Crippen molar-refractivity contribution in [1.82, 2.24) is 20.6 Å². The van der Waals surface area contributed by atoms with E-state index in [-0.39, 0.29) is 17.4 Å². The third kappa shape index (κ3) is 9.17. The lowest BCUT2D eigenvalue weighted by Crippen LogP contribution is -2.22. The first-order valence-corrected chi connectivity index (χ1v) is 12.7. The molecule has 4 rings (SSSR count). The minimum Gasteiger partial charge on any atom is -0.408 e. The highest BCUT2D eigenvalue weighted by Gasteiger charge is 2.27. The van der Waals surface area contributed by atoms with Crippen molar-refractivity contribution in [3.63, 3.8) is 0 Å². The summed E-state index contributed by atoms with van der Waals surface area (Å²) in [5.41, 5.74) is 3.73. The average molecular weight is 517 g/mol. The summed E-state index contributed by atoms with van der Waals surface area (Å²) in [6.07, 6.45) is 20.7. The SMILES string of the molecule is C#COc1ccc2c(c1)C(=O)C(C)C2.CC.CC.CC/C=C(\C=C/C=C1NC(=O)NC1=O)c1cnccn1. The van der Waals surface area contributed by atoms with Crippen molar-refractivity contribution >= 4 is 23.3 Å². The molecule has 3 amide bonds. The average Bonchev–Trinajstić information content (AvgIpc) is 3.42. The summed E-state index contributed by atoms with van der Waals surface area (Å²) >= 11 is 0. The Labute approximate surface area is 225 Å². The Balaban J connectivity index is 0.000000351. The number of rotatable bonds is 5. The van der Waals surface area contributed by atoms with E-state index >= 15 is 0 Å². The number of nitrogens with one attached hydrogen (secondary N) is 2. The molecular weight excluding hydrogens is 480 g/mol. The summed E-state index contributed by atoms with van der Waals surface area (Å²) in [6, 6.07) is 4.92. The maximum Gasteiger partial charge on any atom is 0.326 e. The van der Waals surface area contributed by atoms with E-state index in [2.05, 4.69) is 26.7 Å². The Morgan fingerprint density at radius 1 is 1.16 bits per heavy atom. The van der Waals surface area contributed by atoms with Gasteiger partial charge >= 0.3 is 6.03 Å². The van der Waals surface area contributed by atoms with Gasteiger partial charge in [0.15, 0.2) is 5.78 Å². The fraction of sp³-hybridized carbons (Fsp3) is 0.300. The molecule has 1 aliphatic carbocycles. The van der Waals surface area contributed by atoms with Gasteiger partial charge in [-0.1, -0.05) is 72.3 Å². The van der Waals surface area contributed by atoms with Gasteiger partial charge in [-0.25, -0.2) is 4.79 Å². The number of ketones is 1. The summed E-state index contributed by atoms with van der Waals surface area (Å²) < 4.78 is 4.89. The highest BCUT2D eigenvalue weighted by Crippen LogP contribution is 2.29. The van der Waals surface area contributed by atoms with Crippen LogP contribution in [0.2, 0.25) is 0 Å². The normalized spacial score (nSPS) is 16.6. The molecule has 38 heavy (non-hydrogen) atoms. The van der Waals surface area contributed by atoms with Gasteiger partial charge in [-0.05, 0) is 42.2 Å². The second-order valence-electron chi connectivity index (χ2n) is 7.51. The van der Waals surface area contributed by atoms with Gasteiger partial charge in [-0.3, -0.25) is 24.9 Å². The maximum atomic E-state index is 11.6. The second kappa shape index (κ2) is 17.0. The number of carbonyl (C=O) groups excluding carboxylic acids is 3. The molecule has 0 radical (unpaired) electrons. The first-order chi connectivity index (χ1) is 18.4. The Morgan fingerprint density at radius 2 is 1.89 bits per heavy atom. The quantitative estimate of drug-likeness (QED) is 0.231. The van der Waals surface area contributed by atoms with Crippen LogP contribution in [0, 0.1) is 18.4 Å². The molecule has 1 saturated heterocycles. The molecule has 0 bridgehead atoms. The molecule has 2 aromatic rings. The van der Waals surface area contributed by atoms with Gasteiger partial charge in [-0.15, -0.1) is 0 Å². The van der Waals surface area contributed by atoms with Crippen LogP contribution in [0.15, 0.2) is 66.8 Å². The van der Waals surface area contributed by atoms with Crippen LogP contribution in [0.5, 0.6) is 5.75 Å². The summed E-state index contributed by atoms with van der Waals surface area (Å²) in [7, 11) is 0. The van der Waals surface area contributed by atoms with Crippen LogP contribution in [-0.2, 0) is 11.2 Å². The van der Waals surface area contributed by atoms with Crippen LogP contribution in [0.3, 0.4) is 0 Å². The van der Waals surface area contributed by atoms with Crippen molar-refractivity contribution in [2.75, 3.05) is 0 Å². The number of amides is 3. The fourth-order valence-electron chi connectivity index (χ4n) is 3.45. The largest absolute Gasteiger partial charge is 0.408 e. The monoisotopic (exact) mass is 516 g/mol. The minimum absolute atomic E-state index is 0.0890. The molecule has 2 N–H and O–H groups in total. The van der Waals surface area contributed by atoms with Crippen LogP contribution >= 0.6 is 0 Å². The zero-order chi connectivity index (χ0) is 28.5. The molecule has 2 aliphatic rings. The van der Waals surface area contributed by atoms with Crippen molar-refractivity contribution in [2.24, 2.45) is 5.92 Å². The first kappa shape index (κ1) is 31.5. The molecule has 0 spiro atoms. The van der Waals surface area contributed by atoms with Crippen molar-refractivity contribution < 1.29 is 19.1 Å². The molecule has 1 aromatic heterocycles. The first-order valence-electron chi connectivity index (χ1n) is 12.7. The minimum atomic E-state index is -0.507. The number of hydrogen-bond acceptors (Lipinski definition) is 6. The molecule has 1 fully saturated rings. The Hall–Kier alpha value is -4.51. The van der Waals surface area contributed by atoms with Crippen molar-refractivity contribution in [1.29, 1.82) is 0 Å². The lowest BCUT2D eigenvalue weighted by atomic mass is 10.1. The number of aromatic nitrogens is 2. The number of allylic oxidation sites excluding steroid dienone is 5. The van der Waals surface area contributed by atoms with Crippen LogP contribution in [-0.4, -0.2) is 27.7 Å². The van der Waals surface area contributed by atoms with Crippen LogP contribution in [0.25, 0.3) is 5.57 Å². The van der Waals surface area contributed by atoms with E-state index in [4.69, 9.17) is 11.2 Å².